The van der Waals surface area contributed by atoms with Crippen molar-refractivity contribution in [3.05, 3.63) is 35.4 Å². The molecule has 2 aliphatic heterocycles. The summed E-state index contributed by atoms with van der Waals surface area (Å²) in [5, 5.41) is 3.49. The molecule has 1 N–H and O–H groups in total. The van der Waals surface area contributed by atoms with Crippen LogP contribution in [0, 0.1) is 5.92 Å². The van der Waals surface area contributed by atoms with Gasteiger partial charge in [-0.1, -0.05) is 24.3 Å². The maximum atomic E-state index is 11.7. The highest BCUT2D eigenvalue weighted by Gasteiger charge is 2.26. The van der Waals surface area contributed by atoms with Gasteiger partial charge in [-0.3, -0.25) is 14.7 Å². The van der Waals surface area contributed by atoms with E-state index in [0.29, 0.717) is 0 Å². The standard InChI is InChI=1S/C21H32N4O2.HI/c1-22-21(25-14-9-18(10-15-25)20(26)27-2)23-11-5-12-24-13-8-17-6-3-4-7-19(17)16-24;/h3-4,6-7,18H,5,8-16H2,1-2H3,(H,22,23);1H. The number of halogens is 1. The molecule has 0 unspecified atom stereocenters. The molecule has 6 nitrogen and oxygen atoms in total. The fraction of sp³-hybridized carbons (Fsp3) is 0.619. The van der Waals surface area contributed by atoms with E-state index in [1.165, 1.54) is 18.2 Å². The van der Waals surface area contributed by atoms with Crippen LogP contribution in [-0.4, -0.2) is 68.6 Å². The summed E-state index contributed by atoms with van der Waals surface area (Å²) in [5.74, 6) is 0.898. The summed E-state index contributed by atoms with van der Waals surface area (Å²) in [7, 11) is 3.30. The highest BCUT2D eigenvalue weighted by Crippen LogP contribution is 2.19. The number of benzene rings is 1. The summed E-state index contributed by atoms with van der Waals surface area (Å²) >= 11 is 0. The van der Waals surface area contributed by atoms with E-state index in [0.717, 1.165) is 70.9 Å². The first-order valence-electron chi connectivity index (χ1n) is 10.0. The first-order valence-corrected chi connectivity index (χ1v) is 10.0. The van der Waals surface area contributed by atoms with E-state index in [4.69, 9.17) is 4.74 Å². The molecular formula is C21H33IN4O2. The van der Waals surface area contributed by atoms with Gasteiger partial charge in [0, 0.05) is 46.3 Å². The number of nitrogens with zero attached hydrogens (tertiary/aromatic N) is 3. The minimum Gasteiger partial charge on any atom is -0.469 e. The van der Waals surface area contributed by atoms with Crippen LogP contribution in [0.3, 0.4) is 0 Å². The summed E-state index contributed by atoms with van der Waals surface area (Å²) in [6, 6.07) is 8.77. The summed E-state index contributed by atoms with van der Waals surface area (Å²) in [4.78, 5) is 20.9. The third-order valence-electron chi connectivity index (χ3n) is 5.68. The van der Waals surface area contributed by atoms with E-state index in [-0.39, 0.29) is 35.9 Å². The molecule has 2 heterocycles. The molecule has 0 aromatic heterocycles. The topological polar surface area (TPSA) is 57.2 Å². The lowest BCUT2D eigenvalue weighted by Crippen LogP contribution is -2.47. The first kappa shape index (κ1) is 22.9. The molecule has 7 heteroatoms. The first-order chi connectivity index (χ1) is 13.2. The predicted octanol–water partition coefficient (Wildman–Crippen LogP) is 2.51. The van der Waals surface area contributed by atoms with Gasteiger partial charge in [-0.15, -0.1) is 24.0 Å². The van der Waals surface area contributed by atoms with Crippen molar-refractivity contribution >= 4 is 35.9 Å². The van der Waals surface area contributed by atoms with E-state index in [1.807, 2.05) is 7.05 Å². The van der Waals surface area contributed by atoms with Crippen LogP contribution in [0.1, 0.15) is 30.4 Å². The van der Waals surface area contributed by atoms with Gasteiger partial charge in [-0.25, -0.2) is 0 Å². The van der Waals surface area contributed by atoms with Gasteiger partial charge in [0.25, 0.3) is 0 Å². The normalized spacial score (nSPS) is 18.2. The van der Waals surface area contributed by atoms with Crippen molar-refractivity contribution in [3.8, 4) is 0 Å². The maximum Gasteiger partial charge on any atom is 0.308 e. The number of piperidine rings is 1. The minimum atomic E-state index is -0.0827. The van der Waals surface area contributed by atoms with Crippen LogP contribution in [-0.2, 0) is 22.5 Å². The van der Waals surface area contributed by atoms with Crippen molar-refractivity contribution in [1.29, 1.82) is 0 Å². The molecule has 0 saturated carbocycles. The van der Waals surface area contributed by atoms with Gasteiger partial charge in [0.1, 0.15) is 0 Å². The van der Waals surface area contributed by atoms with Gasteiger partial charge < -0.3 is 15.0 Å². The lowest BCUT2D eigenvalue weighted by atomic mass is 9.97. The predicted molar refractivity (Wildman–Crippen MR) is 123 cm³/mol. The summed E-state index contributed by atoms with van der Waals surface area (Å²) in [5.41, 5.74) is 2.98. The number of hydrogen-bond donors (Lipinski definition) is 1. The fourth-order valence-corrected chi connectivity index (χ4v) is 4.07. The van der Waals surface area contributed by atoms with E-state index >= 15 is 0 Å². The van der Waals surface area contributed by atoms with E-state index in [1.54, 1.807) is 0 Å². The second-order valence-corrected chi connectivity index (χ2v) is 7.41. The molecule has 1 aromatic rings. The zero-order valence-electron chi connectivity index (χ0n) is 17.0. The number of ether oxygens (including phenoxy) is 1. The SMILES string of the molecule is CN=C(NCCCN1CCc2ccccc2C1)N1CCC(C(=O)OC)CC1.I. The Hall–Kier alpha value is -1.35. The zero-order valence-corrected chi connectivity index (χ0v) is 19.4. The van der Waals surface area contributed by atoms with Crippen molar-refractivity contribution in [3.63, 3.8) is 0 Å². The van der Waals surface area contributed by atoms with Crippen molar-refractivity contribution < 1.29 is 9.53 Å². The maximum absolute atomic E-state index is 11.7. The number of likely N-dealkylation sites (tertiary alicyclic amines) is 1. The summed E-state index contributed by atoms with van der Waals surface area (Å²) in [6.45, 7) is 5.92. The molecular weight excluding hydrogens is 467 g/mol. The van der Waals surface area contributed by atoms with Crippen LogP contribution >= 0.6 is 24.0 Å². The molecule has 0 bridgehead atoms. The number of rotatable bonds is 5. The fourth-order valence-electron chi connectivity index (χ4n) is 4.07. The zero-order chi connectivity index (χ0) is 19.1. The Morgan fingerprint density at radius 2 is 1.93 bits per heavy atom. The van der Waals surface area contributed by atoms with Crippen LogP contribution in [0.15, 0.2) is 29.3 Å². The Kier molecular flexibility index (Phi) is 9.50. The van der Waals surface area contributed by atoms with Gasteiger partial charge in [0.15, 0.2) is 5.96 Å². The molecule has 28 heavy (non-hydrogen) atoms. The molecule has 0 spiro atoms. The molecule has 156 valence electrons. The van der Waals surface area contributed by atoms with Crippen LogP contribution in [0.4, 0.5) is 0 Å². The number of carbonyl (C=O) groups is 1. The molecule has 2 aliphatic rings. The highest BCUT2D eigenvalue weighted by atomic mass is 127. The molecule has 0 atom stereocenters. The van der Waals surface area contributed by atoms with E-state index < -0.39 is 0 Å². The number of carbonyl (C=O) groups excluding carboxylic acids is 1. The Balaban J connectivity index is 0.00000280. The molecule has 0 amide bonds. The lowest BCUT2D eigenvalue weighted by molar-refractivity contribution is -0.146. The number of methoxy groups -OCH3 is 1. The van der Waals surface area contributed by atoms with Crippen molar-refractivity contribution in [2.45, 2.75) is 32.2 Å². The number of fused-ring (bicyclic) bond motifs is 1. The molecule has 1 fully saturated rings. The monoisotopic (exact) mass is 500 g/mol. The lowest BCUT2D eigenvalue weighted by Gasteiger charge is -2.33. The average molecular weight is 500 g/mol. The second-order valence-electron chi connectivity index (χ2n) is 7.41. The Labute approximate surface area is 185 Å². The van der Waals surface area contributed by atoms with E-state index in [9.17, 15) is 4.79 Å². The molecule has 1 saturated heterocycles. The van der Waals surface area contributed by atoms with Gasteiger partial charge in [-0.2, -0.15) is 0 Å². The van der Waals surface area contributed by atoms with Gasteiger partial charge >= 0.3 is 5.97 Å². The number of esters is 1. The number of aliphatic imine (C=N–C) groups is 1. The van der Waals surface area contributed by atoms with Crippen molar-refractivity contribution in [2.24, 2.45) is 10.9 Å². The molecule has 3 rings (SSSR count). The summed E-state index contributed by atoms with van der Waals surface area (Å²) in [6.07, 6.45) is 3.92. The third-order valence-corrected chi connectivity index (χ3v) is 5.68. The Bertz CT molecular complexity index is 660. The number of hydrogen-bond acceptors (Lipinski definition) is 4. The third kappa shape index (κ3) is 6.07. The van der Waals surface area contributed by atoms with Gasteiger partial charge in [-0.05, 0) is 36.8 Å². The number of guanidine groups is 1. The van der Waals surface area contributed by atoms with Gasteiger partial charge in [0.05, 0.1) is 13.0 Å². The van der Waals surface area contributed by atoms with Crippen molar-refractivity contribution in [2.75, 3.05) is 46.9 Å². The Morgan fingerprint density at radius 1 is 1.21 bits per heavy atom. The van der Waals surface area contributed by atoms with Gasteiger partial charge in [0.2, 0.25) is 0 Å². The largest absolute Gasteiger partial charge is 0.469 e. The van der Waals surface area contributed by atoms with Crippen LogP contribution in [0.2, 0.25) is 0 Å². The quantitative estimate of drug-likeness (QED) is 0.222. The van der Waals surface area contributed by atoms with Crippen molar-refractivity contribution in [1.82, 2.24) is 15.1 Å². The van der Waals surface area contributed by atoms with E-state index in [2.05, 4.69) is 44.4 Å². The smallest absolute Gasteiger partial charge is 0.308 e. The molecule has 1 aromatic carbocycles. The minimum absolute atomic E-state index is 0. The number of nitrogens with one attached hydrogen (secondary N) is 1. The van der Waals surface area contributed by atoms with Crippen LogP contribution < -0.4 is 5.32 Å². The van der Waals surface area contributed by atoms with Crippen LogP contribution in [0.25, 0.3) is 0 Å². The molecule has 0 radical (unpaired) electrons. The average Bonchev–Trinajstić information content (AvgIpc) is 2.73. The van der Waals surface area contributed by atoms with Crippen LogP contribution in [0.5, 0.6) is 0 Å². The highest BCUT2D eigenvalue weighted by molar-refractivity contribution is 14.0. The molecule has 0 aliphatic carbocycles. The summed E-state index contributed by atoms with van der Waals surface area (Å²) < 4.78 is 4.86. The second kappa shape index (κ2) is 11.6. The Morgan fingerprint density at radius 3 is 2.61 bits per heavy atom.